The molecule has 2 N–H and O–H groups in total. The largest absolute Gasteiger partial charge is 0.467 e. The van der Waals surface area contributed by atoms with E-state index in [0.29, 0.717) is 17.9 Å². The Hall–Kier alpha value is -1.92. The molecule has 21 heavy (non-hydrogen) atoms. The van der Waals surface area contributed by atoms with Crippen LogP contribution in [0, 0.1) is 5.92 Å². The summed E-state index contributed by atoms with van der Waals surface area (Å²) in [6.07, 6.45) is 1.30. The first-order valence-corrected chi connectivity index (χ1v) is 6.89. The van der Waals surface area contributed by atoms with E-state index in [1.807, 2.05) is 0 Å². The maximum Gasteiger partial charge on any atom is 0.356 e. The van der Waals surface area contributed by atoms with Gasteiger partial charge in [0.2, 0.25) is 0 Å². The zero-order valence-electron chi connectivity index (χ0n) is 11.8. The van der Waals surface area contributed by atoms with Crippen molar-refractivity contribution in [1.82, 2.24) is 5.48 Å². The molecule has 0 radical (unpaired) electrons. The zero-order chi connectivity index (χ0) is 15.2. The Kier molecular flexibility index (Phi) is 5.30. The molecule has 1 aromatic rings. The number of nitrogens with one attached hydrogen (secondary N) is 1. The fraction of sp³-hybridized carbons (Fsp3) is 0.467. The quantitative estimate of drug-likeness (QED) is 0.577. The van der Waals surface area contributed by atoms with Crippen LogP contribution in [0.15, 0.2) is 30.3 Å². The Balaban J connectivity index is 1.92. The first-order chi connectivity index (χ1) is 10.1. The molecule has 114 valence electrons. The van der Waals surface area contributed by atoms with Crippen LogP contribution < -0.4 is 5.48 Å². The van der Waals surface area contributed by atoms with E-state index in [9.17, 15) is 14.7 Å². The predicted octanol–water partition coefficient (Wildman–Crippen LogP) is 1.05. The summed E-state index contributed by atoms with van der Waals surface area (Å²) in [5.41, 5.74) is 2.90. The molecule has 6 heteroatoms. The van der Waals surface area contributed by atoms with Gasteiger partial charge in [0.1, 0.15) is 0 Å². The van der Waals surface area contributed by atoms with Crippen molar-refractivity contribution >= 4 is 11.9 Å². The van der Waals surface area contributed by atoms with E-state index < -0.39 is 24.1 Å². The molecule has 1 aliphatic carbocycles. The van der Waals surface area contributed by atoms with Gasteiger partial charge in [0, 0.05) is 0 Å². The van der Waals surface area contributed by atoms with Crippen molar-refractivity contribution in [3.05, 3.63) is 35.9 Å². The second-order valence-corrected chi connectivity index (χ2v) is 5.13. The van der Waals surface area contributed by atoms with Crippen LogP contribution in [-0.2, 0) is 14.4 Å². The Morgan fingerprint density at radius 3 is 2.57 bits per heavy atom. The lowest BCUT2D eigenvalue weighted by atomic mass is 10.1. The predicted molar refractivity (Wildman–Crippen MR) is 74.1 cm³/mol. The van der Waals surface area contributed by atoms with E-state index in [0.717, 1.165) is 12.8 Å². The normalized spacial score (nSPS) is 16.9. The minimum absolute atomic E-state index is 0.391. The third-order valence-electron chi connectivity index (χ3n) is 3.42. The van der Waals surface area contributed by atoms with Crippen molar-refractivity contribution in [1.29, 1.82) is 0 Å². The Labute approximate surface area is 123 Å². The number of hydrogen-bond donors (Lipinski definition) is 2. The third-order valence-corrected chi connectivity index (χ3v) is 3.42. The first-order valence-electron chi connectivity index (χ1n) is 6.89. The molecule has 0 amide bonds. The minimum atomic E-state index is -1.36. The summed E-state index contributed by atoms with van der Waals surface area (Å²) < 4.78 is 4.52. The van der Waals surface area contributed by atoms with E-state index in [1.165, 1.54) is 7.11 Å². The van der Waals surface area contributed by atoms with Crippen LogP contribution in [0.2, 0.25) is 0 Å². The maximum atomic E-state index is 11.8. The summed E-state index contributed by atoms with van der Waals surface area (Å²) in [6.45, 7) is 0. The number of carbonyl (C=O) groups excluding carboxylic acids is 2. The van der Waals surface area contributed by atoms with Crippen molar-refractivity contribution in [2.75, 3.05) is 7.11 Å². The van der Waals surface area contributed by atoms with Crippen molar-refractivity contribution in [3.63, 3.8) is 0 Å². The molecule has 6 nitrogen and oxygen atoms in total. The highest BCUT2D eigenvalue weighted by Gasteiger charge is 2.34. The van der Waals surface area contributed by atoms with Crippen molar-refractivity contribution in [2.45, 2.75) is 31.4 Å². The monoisotopic (exact) mass is 293 g/mol. The average molecular weight is 293 g/mol. The van der Waals surface area contributed by atoms with Crippen LogP contribution in [0.4, 0.5) is 0 Å². The van der Waals surface area contributed by atoms with Crippen molar-refractivity contribution in [3.8, 4) is 0 Å². The van der Waals surface area contributed by atoms with Gasteiger partial charge < -0.3 is 14.7 Å². The van der Waals surface area contributed by atoms with Gasteiger partial charge in [-0.3, -0.25) is 0 Å². The summed E-state index contributed by atoms with van der Waals surface area (Å²) in [5, 5.41) is 9.91. The fourth-order valence-electron chi connectivity index (χ4n) is 2.00. The van der Waals surface area contributed by atoms with Gasteiger partial charge in [-0.1, -0.05) is 31.0 Å². The molecule has 1 aromatic carbocycles. The van der Waals surface area contributed by atoms with E-state index in [2.05, 4.69) is 10.2 Å². The number of aliphatic hydroxyl groups excluding tert-OH is 1. The molecule has 0 saturated heterocycles. The van der Waals surface area contributed by atoms with Gasteiger partial charge in [0.25, 0.3) is 0 Å². The summed E-state index contributed by atoms with van der Waals surface area (Å²) in [6, 6.07) is 7.81. The lowest BCUT2D eigenvalue weighted by Crippen LogP contribution is -2.46. The second kappa shape index (κ2) is 7.19. The fourth-order valence-corrected chi connectivity index (χ4v) is 2.00. The summed E-state index contributed by atoms with van der Waals surface area (Å²) in [4.78, 5) is 28.2. The third kappa shape index (κ3) is 4.54. The van der Waals surface area contributed by atoms with Crippen LogP contribution in [0.5, 0.6) is 0 Å². The molecule has 1 saturated carbocycles. The zero-order valence-corrected chi connectivity index (χ0v) is 11.8. The number of benzene rings is 1. The van der Waals surface area contributed by atoms with Crippen LogP contribution >= 0.6 is 0 Å². The van der Waals surface area contributed by atoms with Gasteiger partial charge in [-0.15, -0.1) is 5.48 Å². The van der Waals surface area contributed by atoms with Gasteiger partial charge in [0.05, 0.1) is 18.7 Å². The van der Waals surface area contributed by atoms with Crippen LogP contribution in [0.1, 0.15) is 29.6 Å². The van der Waals surface area contributed by atoms with Gasteiger partial charge >= 0.3 is 11.9 Å². The molecule has 2 atom stereocenters. The van der Waals surface area contributed by atoms with Crippen LogP contribution in [0.25, 0.3) is 0 Å². The molecular formula is C15H19NO5. The van der Waals surface area contributed by atoms with Gasteiger partial charge in [-0.25, -0.2) is 9.59 Å². The number of hydroxylamine groups is 1. The molecule has 1 aliphatic rings. The van der Waals surface area contributed by atoms with Gasteiger partial charge in [-0.2, -0.15) is 0 Å². The summed E-state index contributed by atoms with van der Waals surface area (Å²) in [7, 11) is 1.20. The molecule has 0 spiro atoms. The molecule has 1 fully saturated rings. The van der Waals surface area contributed by atoms with Crippen LogP contribution in [0.3, 0.4) is 0 Å². The first kappa shape index (κ1) is 15.5. The molecular weight excluding hydrogens is 274 g/mol. The molecule has 0 aliphatic heterocycles. The summed E-state index contributed by atoms with van der Waals surface area (Å²) >= 11 is 0. The number of methoxy groups -OCH3 is 1. The second-order valence-electron chi connectivity index (χ2n) is 5.13. The highest BCUT2D eigenvalue weighted by molar-refractivity contribution is 5.89. The minimum Gasteiger partial charge on any atom is -0.467 e. The lowest BCUT2D eigenvalue weighted by molar-refractivity contribution is -0.154. The number of carbonyl (C=O) groups is 2. The lowest BCUT2D eigenvalue weighted by Gasteiger charge is -2.21. The summed E-state index contributed by atoms with van der Waals surface area (Å²) in [5.74, 6) is -0.866. The molecule has 1 unspecified atom stereocenters. The Bertz CT molecular complexity index is 486. The Morgan fingerprint density at radius 2 is 2.00 bits per heavy atom. The van der Waals surface area contributed by atoms with Crippen LogP contribution in [-0.4, -0.2) is 36.3 Å². The maximum absolute atomic E-state index is 11.8. The molecule has 0 bridgehead atoms. The van der Waals surface area contributed by atoms with E-state index in [4.69, 9.17) is 4.84 Å². The highest BCUT2D eigenvalue weighted by Crippen LogP contribution is 2.34. The number of ether oxygens (including phenoxy) is 1. The van der Waals surface area contributed by atoms with E-state index in [-0.39, 0.29) is 0 Å². The topological polar surface area (TPSA) is 84.9 Å². The molecule has 0 heterocycles. The number of esters is 1. The SMILES string of the molecule is COC(=O)C(O)[C@H](CC1CC1)NOC(=O)c1ccccc1. The number of hydrogen-bond acceptors (Lipinski definition) is 6. The van der Waals surface area contributed by atoms with Gasteiger partial charge in [0.15, 0.2) is 6.10 Å². The highest BCUT2D eigenvalue weighted by atomic mass is 16.7. The smallest absolute Gasteiger partial charge is 0.356 e. The van der Waals surface area contributed by atoms with Crippen molar-refractivity contribution in [2.24, 2.45) is 5.92 Å². The van der Waals surface area contributed by atoms with E-state index in [1.54, 1.807) is 30.3 Å². The van der Waals surface area contributed by atoms with Gasteiger partial charge in [-0.05, 0) is 24.5 Å². The average Bonchev–Trinajstić information content (AvgIpc) is 3.34. The standard InChI is InChI=1S/C15H19NO5/c1-20-15(19)13(17)12(9-10-7-8-10)16-21-14(18)11-5-3-2-4-6-11/h2-6,10,12-13,16-17H,7-9H2,1H3/t12-,13?/m0/s1. The number of aliphatic hydroxyl groups is 1. The molecule has 0 aromatic heterocycles. The number of rotatable bonds is 7. The van der Waals surface area contributed by atoms with E-state index >= 15 is 0 Å². The Morgan fingerprint density at radius 1 is 1.33 bits per heavy atom. The molecule has 2 rings (SSSR count). The van der Waals surface area contributed by atoms with Crippen molar-refractivity contribution < 1.29 is 24.3 Å².